The summed E-state index contributed by atoms with van der Waals surface area (Å²) in [7, 11) is 0. The maximum absolute atomic E-state index is 10.6. The summed E-state index contributed by atoms with van der Waals surface area (Å²) in [5.41, 5.74) is 0.896. The van der Waals surface area contributed by atoms with Gasteiger partial charge in [-0.3, -0.25) is 4.79 Å². The summed E-state index contributed by atoms with van der Waals surface area (Å²) < 4.78 is 11.0. The van der Waals surface area contributed by atoms with Gasteiger partial charge in [0.2, 0.25) is 0 Å². The first-order chi connectivity index (χ1) is 6.35. The first-order valence-electron chi connectivity index (χ1n) is 4.77. The van der Waals surface area contributed by atoms with Crippen LogP contribution in [-0.2, 0) is 14.3 Å². The summed E-state index contributed by atoms with van der Waals surface area (Å²) in [4.78, 5) is 10.6. The molecule has 1 saturated heterocycles. The SMILES string of the molecule is CCO[C@@H]1C[C@@H]2C(C=O)=CC[C@@H]2O1. The summed E-state index contributed by atoms with van der Waals surface area (Å²) in [5, 5.41) is 0. The summed E-state index contributed by atoms with van der Waals surface area (Å²) in [5.74, 6) is 0.286. The van der Waals surface area contributed by atoms with Crippen molar-refractivity contribution in [2.75, 3.05) is 6.61 Å². The summed E-state index contributed by atoms with van der Waals surface area (Å²) in [6.45, 7) is 2.62. The second-order valence-corrected chi connectivity index (χ2v) is 3.46. The second-order valence-electron chi connectivity index (χ2n) is 3.46. The van der Waals surface area contributed by atoms with Gasteiger partial charge in [0.05, 0.1) is 6.10 Å². The van der Waals surface area contributed by atoms with Crippen LogP contribution in [0, 0.1) is 5.92 Å². The highest BCUT2D eigenvalue weighted by Gasteiger charge is 2.40. The monoisotopic (exact) mass is 182 g/mol. The minimum atomic E-state index is -0.0938. The number of hydrogen-bond acceptors (Lipinski definition) is 3. The molecule has 3 atom stereocenters. The third-order valence-corrected chi connectivity index (χ3v) is 2.72. The number of carbonyl (C=O) groups is 1. The molecule has 72 valence electrons. The molecule has 0 unspecified atom stereocenters. The average Bonchev–Trinajstić information content (AvgIpc) is 2.63. The van der Waals surface area contributed by atoms with Crippen LogP contribution >= 0.6 is 0 Å². The maximum atomic E-state index is 10.6. The highest BCUT2D eigenvalue weighted by atomic mass is 16.7. The Morgan fingerprint density at radius 2 is 2.62 bits per heavy atom. The predicted molar refractivity (Wildman–Crippen MR) is 47.2 cm³/mol. The van der Waals surface area contributed by atoms with E-state index in [0.717, 1.165) is 24.7 Å². The Kier molecular flexibility index (Phi) is 2.47. The molecule has 3 nitrogen and oxygen atoms in total. The zero-order valence-corrected chi connectivity index (χ0v) is 7.73. The van der Waals surface area contributed by atoms with Crippen LogP contribution in [-0.4, -0.2) is 25.3 Å². The van der Waals surface area contributed by atoms with Gasteiger partial charge in [0.15, 0.2) is 6.29 Å². The third-order valence-electron chi connectivity index (χ3n) is 2.72. The zero-order valence-electron chi connectivity index (χ0n) is 7.73. The van der Waals surface area contributed by atoms with Gasteiger partial charge < -0.3 is 9.47 Å². The van der Waals surface area contributed by atoms with E-state index in [2.05, 4.69) is 0 Å². The Bertz CT molecular complexity index is 234. The van der Waals surface area contributed by atoms with Crippen LogP contribution in [0.5, 0.6) is 0 Å². The molecule has 0 N–H and O–H groups in total. The van der Waals surface area contributed by atoms with E-state index in [-0.39, 0.29) is 18.3 Å². The molecule has 3 heteroatoms. The van der Waals surface area contributed by atoms with E-state index < -0.39 is 0 Å². The first-order valence-corrected chi connectivity index (χ1v) is 4.77. The molecule has 0 aromatic heterocycles. The minimum Gasteiger partial charge on any atom is -0.353 e. The van der Waals surface area contributed by atoms with Crippen molar-refractivity contribution in [1.29, 1.82) is 0 Å². The third kappa shape index (κ3) is 1.54. The van der Waals surface area contributed by atoms with Gasteiger partial charge in [-0.15, -0.1) is 0 Å². The van der Waals surface area contributed by atoms with E-state index in [1.165, 1.54) is 0 Å². The standard InChI is InChI=1S/C10H14O3/c1-2-12-10-5-8-7(6-11)3-4-9(8)13-10/h3,6,8-10H,2,4-5H2,1H3/t8-,9+,10+/m1/s1. The molecule has 1 fully saturated rings. The Labute approximate surface area is 77.7 Å². The van der Waals surface area contributed by atoms with Crippen molar-refractivity contribution in [3.63, 3.8) is 0 Å². The van der Waals surface area contributed by atoms with Crippen LogP contribution in [0.1, 0.15) is 19.8 Å². The van der Waals surface area contributed by atoms with Crippen molar-refractivity contribution in [3.8, 4) is 0 Å². The molecule has 0 spiro atoms. The summed E-state index contributed by atoms with van der Waals surface area (Å²) in [6, 6.07) is 0. The molecule has 0 bridgehead atoms. The number of hydrogen-bond donors (Lipinski definition) is 0. The Balaban J connectivity index is 1.98. The summed E-state index contributed by atoms with van der Waals surface area (Å²) >= 11 is 0. The highest BCUT2D eigenvalue weighted by molar-refractivity contribution is 5.75. The van der Waals surface area contributed by atoms with Crippen LogP contribution in [0.25, 0.3) is 0 Å². The fourth-order valence-corrected chi connectivity index (χ4v) is 2.11. The Morgan fingerprint density at radius 1 is 1.77 bits per heavy atom. The molecule has 1 aliphatic heterocycles. The molecule has 1 aliphatic carbocycles. The minimum absolute atomic E-state index is 0.0938. The Hall–Kier alpha value is -0.670. The molecule has 13 heavy (non-hydrogen) atoms. The van der Waals surface area contributed by atoms with Crippen LogP contribution < -0.4 is 0 Å². The molecular weight excluding hydrogens is 168 g/mol. The number of carbonyl (C=O) groups excluding carboxylic acids is 1. The first kappa shape index (κ1) is 8.91. The van der Waals surface area contributed by atoms with Crippen molar-refractivity contribution in [2.24, 2.45) is 5.92 Å². The normalized spacial score (nSPS) is 37.3. The fourth-order valence-electron chi connectivity index (χ4n) is 2.11. The van der Waals surface area contributed by atoms with Gasteiger partial charge in [-0.2, -0.15) is 0 Å². The van der Waals surface area contributed by atoms with E-state index in [0.29, 0.717) is 6.61 Å². The lowest BCUT2D eigenvalue weighted by molar-refractivity contribution is -0.129. The number of aldehydes is 1. The molecule has 0 aromatic carbocycles. The van der Waals surface area contributed by atoms with Gasteiger partial charge in [0.25, 0.3) is 0 Å². The molecule has 2 rings (SSSR count). The molecular formula is C10H14O3. The summed E-state index contributed by atoms with van der Waals surface area (Å²) in [6.07, 6.45) is 4.72. The van der Waals surface area contributed by atoms with Crippen LogP contribution in [0.2, 0.25) is 0 Å². The lowest BCUT2D eigenvalue weighted by Gasteiger charge is -2.10. The number of fused-ring (bicyclic) bond motifs is 1. The van der Waals surface area contributed by atoms with Crippen LogP contribution in [0.3, 0.4) is 0 Å². The number of rotatable bonds is 3. The van der Waals surface area contributed by atoms with Gasteiger partial charge in [-0.1, -0.05) is 6.08 Å². The van der Waals surface area contributed by atoms with Crippen LogP contribution in [0.15, 0.2) is 11.6 Å². The zero-order chi connectivity index (χ0) is 9.26. The van der Waals surface area contributed by atoms with E-state index in [9.17, 15) is 4.79 Å². The van der Waals surface area contributed by atoms with E-state index in [4.69, 9.17) is 9.47 Å². The average molecular weight is 182 g/mol. The topological polar surface area (TPSA) is 35.5 Å². The lowest BCUT2D eigenvalue weighted by atomic mass is 9.99. The molecule has 0 radical (unpaired) electrons. The fraction of sp³-hybridized carbons (Fsp3) is 0.700. The van der Waals surface area contributed by atoms with Gasteiger partial charge in [-0.25, -0.2) is 0 Å². The predicted octanol–water partition coefficient (Wildman–Crippen LogP) is 1.28. The largest absolute Gasteiger partial charge is 0.353 e. The van der Waals surface area contributed by atoms with Gasteiger partial charge in [0, 0.05) is 18.9 Å². The molecule has 1 heterocycles. The maximum Gasteiger partial charge on any atom is 0.158 e. The molecule has 0 aromatic rings. The highest BCUT2D eigenvalue weighted by Crippen LogP contribution is 2.38. The van der Waals surface area contributed by atoms with Gasteiger partial charge in [-0.05, 0) is 18.9 Å². The number of ether oxygens (including phenoxy) is 2. The van der Waals surface area contributed by atoms with Crippen molar-refractivity contribution in [1.82, 2.24) is 0 Å². The van der Waals surface area contributed by atoms with Crippen molar-refractivity contribution in [2.45, 2.75) is 32.2 Å². The van der Waals surface area contributed by atoms with Crippen molar-refractivity contribution in [3.05, 3.63) is 11.6 Å². The second kappa shape index (κ2) is 3.60. The quantitative estimate of drug-likeness (QED) is 0.617. The smallest absolute Gasteiger partial charge is 0.158 e. The van der Waals surface area contributed by atoms with Crippen molar-refractivity contribution < 1.29 is 14.3 Å². The van der Waals surface area contributed by atoms with Crippen molar-refractivity contribution >= 4 is 6.29 Å². The Morgan fingerprint density at radius 3 is 3.31 bits per heavy atom. The van der Waals surface area contributed by atoms with Crippen LogP contribution in [0.4, 0.5) is 0 Å². The van der Waals surface area contributed by atoms with E-state index in [1.54, 1.807) is 0 Å². The van der Waals surface area contributed by atoms with Gasteiger partial charge >= 0.3 is 0 Å². The lowest BCUT2D eigenvalue weighted by Crippen LogP contribution is -2.13. The molecule has 0 saturated carbocycles. The van der Waals surface area contributed by atoms with E-state index >= 15 is 0 Å². The van der Waals surface area contributed by atoms with Gasteiger partial charge in [0.1, 0.15) is 6.29 Å². The molecule has 0 amide bonds. The molecule has 2 aliphatic rings. The van der Waals surface area contributed by atoms with E-state index in [1.807, 2.05) is 13.0 Å².